The van der Waals surface area contributed by atoms with Gasteiger partial charge in [0.05, 0.1) is 16.1 Å². The molecule has 1 aliphatic heterocycles. The molecule has 3 rings (SSSR count). The van der Waals surface area contributed by atoms with Gasteiger partial charge >= 0.3 is 0 Å². The molecule has 4 nitrogen and oxygen atoms in total. The molecule has 1 saturated heterocycles. The maximum atomic E-state index is 13.0. The number of rotatable bonds is 3. The number of piperidine rings is 1. The third-order valence-corrected chi connectivity index (χ3v) is 5.18. The molecule has 2 atom stereocenters. The van der Waals surface area contributed by atoms with Crippen LogP contribution in [-0.4, -0.2) is 29.8 Å². The molecule has 2 amide bonds. The summed E-state index contributed by atoms with van der Waals surface area (Å²) in [6.45, 7) is 5.91. The fourth-order valence-corrected chi connectivity index (χ4v) is 3.99. The quantitative estimate of drug-likeness (QED) is 0.912. The summed E-state index contributed by atoms with van der Waals surface area (Å²) in [7, 11) is 0. The van der Waals surface area contributed by atoms with Crippen molar-refractivity contribution in [3.05, 3.63) is 52.2 Å². The van der Waals surface area contributed by atoms with E-state index in [1.165, 1.54) is 11.3 Å². The SMILES string of the molecule is CC1CC(C)CN(C(=O)c2ccccc2NC(=O)c2cccs2)C1. The topological polar surface area (TPSA) is 49.4 Å². The zero-order valence-electron chi connectivity index (χ0n) is 14.0. The number of hydrogen-bond acceptors (Lipinski definition) is 3. The van der Waals surface area contributed by atoms with E-state index in [-0.39, 0.29) is 11.8 Å². The van der Waals surface area contributed by atoms with Gasteiger partial charge in [-0.2, -0.15) is 0 Å². The minimum Gasteiger partial charge on any atom is -0.338 e. The van der Waals surface area contributed by atoms with Crippen LogP contribution in [0.25, 0.3) is 0 Å². The highest BCUT2D eigenvalue weighted by Gasteiger charge is 2.27. The lowest BCUT2D eigenvalue weighted by Gasteiger charge is -2.35. The van der Waals surface area contributed by atoms with E-state index in [2.05, 4.69) is 19.2 Å². The normalized spacial score (nSPS) is 20.7. The van der Waals surface area contributed by atoms with Crippen molar-refractivity contribution < 1.29 is 9.59 Å². The summed E-state index contributed by atoms with van der Waals surface area (Å²) in [6, 6.07) is 10.9. The summed E-state index contributed by atoms with van der Waals surface area (Å²) >= 11 is 1.39. The van der Waals surface area contributed by atoms with Crippen LogP contribution < -0.4 is 5.32 Å². The average molecular weight is 342 g/mol. The second-order valence-electron chi connectivity index (χ2n) is 6.63. The fourth-order valence-electron chi connectivity index (χ4n) is 3.37. The number of carbonyl (C=O) groups is 2. The molecule has 1 aliphatic rings. The Balaban J connectivity index is 1.81. The number of nitrogens with one attached hydrogen (secondary N) is 1. The van der Waals surface area contributed by atoms with Gasteiger partial charge in [-0.05, 0) is 41.8 Å². The van der Waals surface area contributed by atoms with E-state index >= 15 is 0 Å². The first-order chi connectivity index (χ1) is 11.5. The first-order valence-corrected chi connectivity index (χ1v) is 9.15. The molecule has 2 aromatic rings. The van der Waals surface area contributed by atoms with Crippen LogP contribution in [0.2, 0.25) is 0 Å². The summed E-state index contributed by atoms with van der Waals surface area (Å²) in [5.41, 5.74) is 1.13. The van der Waals surface area contributed by atoms with E-state index < -0.39 is 0 Å². The van der Waals surface area contributed by atoms with Gasteiger partial charge in [-0.1, -0.05) is 32.0 Å². The van der Waals surface area contributed by atoms with Crippen LogP contribution in [0.3, 0.4) is 0 Å². The molecule has 0 saturated carbocycles. The minimum absolute atomic E-state index is 0.00419. The zero-order valence-corrected chi connectivity index (χ0v) is 14.8. The van der Waals surface area contributed by atoms with Gasteiger partial charge in [0, 0.05) is 13.1 Å². The molecular formula is C19H22N2O2S. The summed E-state index contributed by atoms with van der Waals surface area (Å²) in [6.07, 6.45) is 1.15. The largest absolute Gasteiger partial charge is 0.338 e. The maximum absolute atomic E-state index is 13.0. The van der Waals surface area contributed by atoms with Crippen molar-refractivity contribution in [1.29, 1.82) is 0 Å². The fraction of sp³-hybridized carbons (Fsp3) is 0.368. The predicted molar refractivity (Wildman–Crippen MR) is 97.6 cm³/mol. The smallest absolute Gasteiger partial charge is 0.265 e. The molecule has 2 unspecified atom stereocenters. The Kier molecular flexibility index (Phi) is 5.00. The predicted octanol–water partition coefficient (Wildman–Crippen LogP) is 4.12. The number of thiophene rings is 1. The van der Waals surface area contributed by atoms with Crippen molar-refractivity contribution in [1.82, 2.24) is 4.90 Å². The summed E-state index contributed by atoms with van der Waals surface area (Å²) in [5, 5.41) is 4.74. The molecule has 2 heterocycles. The van der Waals surface area contributed by atoms with Gasteiger partial charge in [0.25, 0.3) is 11.8 Å². The molecule has 5 heteroatoms. The molecule has 0 radical (unpaired) electrons. The number of nitrogens with zero attached hydrogens (tertiary/aromatic N) is 1. The number of likely N-dealkylation sites (tertiary alicyclic amines) is 1. The van der Waals surface area contributed by atoms with E-state index in [0.717, 1.165) is 19.5 Å². The lowest BCUT2D eigenvalue weighted by Crippen LogP contribution is -2.42. The van der Waals surface area contributed by atoms with E-state index in [1.54, 1.807) is 18.2 Å². The molecule has 126 valence electrons. The van der Waals surface area contributed by atoms with Crippen LogP contribution >= 0.6 is 11.3 Å². The number of hydrogen-bond donors (Lipinski definition) is 1. The third-order valence-electron chi connectivity index (χ3n) is 4.31. The molecule has 0 bridgehead atoms. The van der Waals surface area contributed by atoms with Crippen LogP contribution in [0.5, 0.6) is 0 Å². The molecule has 1 aromatic heterocycles. The number of carbonyl (C=O) groups excluding carboxylic acids is 2. The second kappa shape index (κ2) is 7.18. The van der Waals surface area contributed by atoms with Gasteiger partial charge in [-0.25, -0.2) is 0 Å². The average Bonchev–Trinajstić information content (AvgIpc) is 3.08. The van der Waals surface area contributed by atoms with E-state index in [9.17, 15) is 9.59 Å². The van der Waals surface area contributed by atoms with E-state index in [4.69, 9.17) is 0 Å². The van der Waals surface area contributed by atoms with Gasteiger partial charge in [0.2, 0.25) is 0 Å². The summed E-state index contributed by atoms with van der Waals surface area (Å²) < 4.78 is 0. The number of benzene rings is 1. The van der Waals surface area contributed by atoms with E-state index in [0.29, 0.717) is 28.0 Å². The second-order valence-corrected chi connectivity index (χ2v) is 7.58. The Morgan fingerprint density at radius 3 is 2.46 bits per heavy atom. The highest BCUT2D eigenvalue weighted by molar-refractivity contribution is 7.12. The lowest BCUT2D eigenvalue weighted by atomic mass is 9.91. The van der Waals surface area contributed by atoms with Crippen molar-refractivity contribution in [2.75, 3.05) is 18.4 Å². The van der Waals surface area contributed by atoms with Crippen LogP contribution in [-0.2, 0) is 0 Å². The Morgan fingerprint density at radius 2 is 1.79 bits per heavy atom. The standard InChI is InChI=1S/C19H22N2O2S/c1-13-10-14(2)12-21(11-13)19(23)15-6-3-4-7-16(15)20-18(22)17-8-5-9-24-17/h3-9,13-14H,10-12H2,1-2H3,(H,20,22). The molecule has 0 spiro atoms. The first-order valence-electron chi connectivity index (χ1n) is 8.27. The Bertz CT molecular complexity index is 717. The van der Waals surface area contributed by atoms with Gasteiger partial charge in [0.15, 0.2) is 0 Å². The van der Waals surface area contributed by atoms with Gasteiger partial charge in [0.1, 0.15) is 0 Å². The van der Waals surface area contributed by atoms with Crippen molar-refractivity contribution in [3.8, 4) is 0 Å². The molecule has 1 fully saturated rings. The van der Waals surface area contributed by atoms with Gasteiger partial charge in [-0.15, -0.1) is 11.3 Å². The van der Waals surface area contributed by atoms with Gasteiger partial charge in [-0.3, -0.25) is 9.59 Å². The Hall–Kier alpha value is -2.14. The molecule has 0 aliphatic carbocycles. The van der Waals surface area contributed by atoms with Crippen molar-refractivity contribution in [2.24, 2.45) is 11.8 Å². The van der Waals surface area contributed by atoms with Crippen molar-refractivity contribution >= 4 is 28.8 Å². The number of anilines is 1. The van der Waals surface area contributed by atoms with Gasteiger partial charge < -0.3 is 10.2 Å². The lowest BCUT2D eigenvalue weighted by molar-refractivity contribution is 0.0624. The third kappa shape index (κ3) is 3.67. The molecular weight excluding hydrogens is 320 g/mol. The molecule has 1 N–H and O–H groups in total. The van der Waals surface area contributed by atoms with Crippen LogP contribution in [0, 0.1) is 11.8 Å². The van der Waals surface area contributed by atoms with Crippen molar-refractivity contribution in [3.63, 3.8) is 0 Å². The Labute approximate surface area is 146 Å². The van der Waals surface area contributed by atoms with Crippen LogP contribution in [0.15, 0.2) is 41.8 Å². The van der Waals surface area contributed by atoms with Crippen LogP contribution in [0.4, 0.5) is 5.69 Å². The highest BCUT2D eigenvalue weighted by atomic mass is 32.1. The molecule has 24 heavy (non-hydrogen) atoms. The van der Waals surface area contributed by atoms with E-state index in [1.807, 2.05) is 28.5 Å². The highest BCUT2D eigenvalue weighted by Crippen LogP contribution is 2.25. The first kappa shape index (κ1) is 16.7. The maximum Gasteiger partial charge on any atom is 0.265 e. The summed E-state index contributed by atoms with van der Waals surface area (Å²) in [5.74, 6) is 0.831. The molecule has 1 aromatic carbocycles. The number of amides is 2. The van der Waals surface area contributed by atoms with Crippen molar-refractivity contribution in [2.45, 2.75) is 20.3 Å². The minimum atomic E-state index is -0.175. The monoisotopic (exact) mass is 342 g/mol. The Morgan fingerprint density at radius 1 is 1.08 bits per heavy atom. The summed E-state index contributed by atoms with van der Waals surface area (Å²) in [4.78, 5) is 27.8. The zero-order chi connectivity index (χ0) is 17.1. The number of para-hydroxylation sites is 1. The van der Waals surface area contributed by atoms with Crippen LogP contribution in [0.1, 0.15) is 40.3 Å².